The molecule has 0 aliphatic carbocycles. The Morgan fingerprint density at radius 2 is 2.09 bits per heavy atom. The third-order valence-corrected chi connectivity index (χ3v) is 2.07. The van der Waals surface area contributed by atoms with Gasteiger partial charge in [0.1, 0.15) is 0 Å². The number of ether oxygens (including phenoxy) is 1. The van der Waals surface area contributed by atoms with Gasteiger partial charge >= 0.3 is 0 Å². The average molecular weight is 158 g/mol. The number of likely N-dealkylation sites (tertiary alicyclic amines) is 1. The highest BCUT2D eigenvalue weighted by molar-refractivity contribution is 4.72. The molecule has 66 valence electrons. The summed E-state index contributed by atoms with van der Waals surface area (Å²) in [6.07, 6.45) is 2.67. The minimum Gasteiger partial charge on any atom is -0.383 e. The van der Waals surface area contributed by atoms with Crippen LogP contribution in [-0.2, 0) is 4.74 Å². The predicted molar refractivity (Wildman–Crippen MR) is 45.5 cm³/mol. The zero-order valence-corrected chi connectivity index (χ0v) is 7.25. The van der Waals surface area contributed by atoms with Crippen LogP contribution in [0.15, 0.2) is 0 Å². The minimum atomic E-state index is 0.193. The first-order valence-electron chi connectivity index (χ1n) is 4.30. The molecule has 11 heavy (non-hydrogen) atoms. The molecule has 1 fully saturated rings. The van der Waals surface area contributed by atoms with E-state index in [4.69, 9.17) is 10.5 Å². The Morgan fingerprint density at radius 1 is 1.45 bits per heavy atom. The van der Waals surface area contributed by atoms with E-state index in [1.54, 1.807) is 7.11 Å². The molecule has 0 amide bonds. The molecule has 2 N–H and O–H groups in total. The largest absolute Gasteiger partial charge is 0.383 e. The Labute approximate surface area is 68.5 Å². The summed E-state index contributed by atoms with van der Waals surface area (Å²) in [5.74, 6) is 0. The van der Waals surface area contributed by atoms with Crippen molar-refractivity contribution in [2.24, 2.45) is 5.73 Å². The topological polar surface area (TPSA) is 38.5 Å². The molecule has 0 saturated carbocycles. The molecule has 0 aromatic heterocycles. The molecule has 0 aromatic rings. The van der Waals surface area contributed by atoms with Gasteiger partial charge in [0.25, 0.3) is 0 Å². The van der Waals surface area contributed by atoms with E-state index >= 15 is 0 Å². The van der Waals surface area contributed by atoms with E-state index in [2.05, 4.69) is 4.90 Å². The maximum absolute atomic E-state index is 5.80. The monoisotopic (exact) mass is 158 g/mol. The van der Waals surface area contributed by atoms with Gasteiger partial charge in [-0.05, 0) is 25.9 Å². The summed E-state index contributed by atoms with van der Waals surface area (Å²) in [5, 5.41) is 0. The first-order valence-corrected chi connectivity index (χ1v) is 4.30. The molecule has 1 atom stereocenters. The molecule has 0 bridgehead atoms. The predicted octanol–water partition coefficient (Wildman–Crippen LogP) is 0.0559. The smallest absolute Gasteiger partial charge is 0.0626 e. The lowest BCUT2D eigenvalue weighted by atomic mass is 10.3. The fourth-order valence-corrected chi connectivity index (χ4v) is 1.56. The van der Waals surface area contributed by atoms with Crippen molar-refractivity contribution >= 4 is 0 Å². The van der Waals surface area contributed by atoms with Gasteiger partial charge in [0.15, 0.2) is 0 Å². The molecule has 1 aliphatic rings. The standard InChI is InChI=1S/C8H18N2O/c1-11-7-8(9)6-10-4-2-3-5-10/h8H,2-7,9H2,1H3. The van der Waals surface area contributed by atoms with Crippen molar-refractivity contribution in [2.75, 3.05) is 33.4 Å². The summed E-state index contributed by atoms with van der Waals surface area (Å²) >= 11 is 0. The van der Waals surface area contributed by atoms with Crippen LogP contribution in [0, 0.1) is 0 Å². The molecule has 1 unspecified atom stereocenters. The zero-order chi connectivity index (χ0) is 8.10. The lowest BCUT2D eigenvalue weighted by molar-refractivity contribution is 0.161. The molecule has 3 nitrogen and oxygen atoms in total. The SMILES string of the molecule is COCC(N)CN1CCCC1. The van der Waals surface area contributed by atoms with Gasteiger partial charge in [-0.15, -0.1) is 0 Å². The molecular formula is C8H18N2O. The van der Waals surface area contributed by atoms with Crippen LogP contribution in [0.5, 0.6) is 0 Å². The normalized spacial score (nSPS) is 22.4. The summed E-state index contributed by atoms with van der Waals surface area (Å²) in [5.41, 5.74) is 5.80. The fourth-order valence-electron chi connectivity index (χ4n) is 1.56. The average Bonchev–Trinajstić information content (AvgIpc) is 2.40. The highest BCUT2D eigenvalue weighted by Gasteiger charge is 2.14. The number of rotatable bonds is 4. The van der Waals surface area contributed by atoms with Crippen molar-refractivity contribution in [3.63, 3.8) is 0 Å². The van der Waals surface area contributed by atoms with Gasteiger partial charge in [0.2, 0.25) is 0 Å². The maximum Gasteiger partial charge on any atom is 0.0626 e. The summed E-state index contributed by atoms with van der Waals surface area (Å²) in [6, 6.07) is 0.193. The second kappa shape index (κ2) is 4.70. The zero-order valence-electron chi connectivity index (χ0n) is 7.25. The number of methoxy groups -OCH3 is 1. The Balaban J connectivity index is 2.08. The van der Waals surface area contributed by atoms with Gasteiger partial charge in [-0.2, -0.15) is 0 Å². The van der Waals surface area contributed by atoms with Gasteiger partial charge in [0, 0.05) is 19.7 Å². The second-order valence-corrected chi connectivity index (χ2v) is 3.22. The quantitative estimate of drug-likeness (QED) is 0.628. The van der Waals surface area contributed by atoms with Crippen LogP contribution in [0.4, 0.5) is 0 Å². The van der Waals surface area contributed by atoms with Crippen molar-refractivity contribution < 1.29 is 4.74 Å². The van der Waals surface area contributed by atoms with E-state index in [-0.39, 0.29) is 6.04 Å². The molecule has 1 heterocycles. The maximum atomic E-state index is 5.80. The fraction of sp³-hybridized carbons (Fsp3) is 1.00. The molecule has 1 rings (SSSR count). The molecule has 1 aliphatic heterocycles. The lowest BCUT2D eigenvalue weighted by Gasteiger charge is -2.19. The van der Waals surface area contributed by atoms with Crippen molar-refractivity contribution in [1.29, 1.82) is 0 Å². The Kier molecular flexibility index (Phi) is 3.83. The van der Waals surface area contributed by atoms with Crippen LogP contribution in [0.25, 0.3) is 0 Å². The first kappa shape index (κ1) is 8.97. The van der Waals surface area contributed by atoms with Crippen LogP contribution in [0.2, 0.25) is 0 Å². The van der Waals surface area contributed by atoms with Crippen LogP contribution in [0.1, 0.15) is 12.8 Å². The van der Waals surface area contributed by atoms with E-state index in [0.717, 1.165) is 6.54 Å². The van der Waals surface area contributed by atoms with Crippen LogP contribution in [-0.4, -0.2) is 44.3 Å². The summed E-state index contributed by atoms with van der Waals surface area (Å²) in [6.45, 7) is 4.11. The van der Waals surface area contributed by atoms with Crippen LogP contribution < -0.4 is 5.73 Å². The van der Waals surface area contributed by atoms with Crippen molar-refractivity contribution in [3.8, 4) is 0 Å². The summed E-state index contributed by atoms with van der Waals surface area (Å²) in [7, 11) is 1.70. The molecule has 0 aromatic carbocycles. The third-order valence-electron chi connectivity index (χ3n) is 2.07. The molecule has 0 radical (unpaired) electrons. The van der Waals surface area contributed by atoms with Crippen molar-refractivity contribution in [3.05, 3.63) is 0 Å². The van der Waals surface area contributed by atoms with E-state index in [0.29, 0.717) is 6.61 Å². The Hall–Kier alpha value is -0.120. The molecular weight excluding hydrogens is 140 g/mol. The van der Waals surface area contributed by atoms with Gasteiger partial charge in [-0.25, -0.2) is 0 Å². The highest BCUT2D eigenvalue weighted by atomic mass is 16.5. The van der Waals surface area contributed by atoms with E-state index in [1.165, 1.54) is 25.9 Å². The highest BCUT2D eigenvalue weighted by Crippen LogP contribution is 2.06. The van der Waals surface area contributed by atoms with Gasteiger partial charge < -0.3 is 15.4 Å². The number of hydrogen-bond acceptors (Lipinski definition) is 3. The first-order chi connectivity index (χ1) is 5.33. The van der Waals surface area contributed by atoms with E-state index < -0.39 is 0 Å². The van der Waals surface area contributed by atoms with Gasteiger partial charge in [0.05, 0.1) is 6.61 Å². The van der Waals surface area contributed by atoms with Gasteiger partial charge in [-0.1, -0.05) is 0 Å². The number of nitrogens with two attached hydrogens (primary N) is 1. The third kappa shape index (κ3) is 3.18. The molecule has 1 saturated heterocycles. The van der Waals surface area contributed by atoms with Crippen LogP contribution in [0.3, 0.4) is 0 Å². The minimum absolute atomic E-state index is 0.193. The van der Waals surface area contributed by atoms with Gasteiger partial charge in [-0.3, -0.25) is 0 Å². The lowest BCUT2D eigenvalue weighted by Crippen LogP contribution is -2.38. The van der Waals surface area contributed by atoms with E-state index in [9.17, 15) is 0 Å². The summed E-state index contributed by atoms with van der Waals surface area (Å²) < 4.78 is 4.96. The molecule has 0 spiro atoms. The van der Waals surface area contributed by atoms with Crippen molar-refractivity contribution in [2.45, 2.75) is 18.9 Å². The van der Waals surface area contributed by atoms with Crippen molar-refractivity contribution in [1.82, 2.24) is 4.90 Å². The second-order valence-electron chi connectivity index (χ2n) is 3.22. The number of nitrogens with zero attached hydrogens (tertiary/aromatic N) is 1. The Bertz CT molecular complexity index is 102. The van der Waals surface area contributed by atoms with Crippen LogP contribution >= 0.6 is 0 Å². The van der Waals surface area contributed by atoms with E-state index in [1.807, 2.05) is 0 Å². The molecule has 3 heteroatoms. The number of hydrogen-bond donors (Lipinski definition) is 1. The summed E-state index contributed by atoms with van der Waals surface area (Å²) in [4.78, 5) is 2.41. The Morgan fingerprint density at radius 3 is 2.64 bits per heavy atom.